The summed E-state index contributed by atoms with van der Waals surface area (Å²) in [4.78, 5) is 18.4. The highest BCUT2D eigenvalue weighted by molar-refractivity contribution is 5.88. The van der Waals surface area contributed by atoms with Gasteiger partial charge in [-0.15, -0.1) is 0 Å². The average Bonchev–Trinajstić information content (AvgIpc) is 3.57. The first-order valence-corrected chi connectivity index (χ1v) is 13.0. The second kappa shape index (κ2) is 9.41. The molecule has 2 aromatic heterocycles. The van der Waals surface area contributed by atoms with Gasteiger partial charge in [-0.1, -0.05) is 23.4 Å². The Bertz CT molecular complexity index is 1350. The first-order valence-electron chi connectivity index (χ1n) is 13.0. The van der Waals surface area contributed by atoms with Crippen molar-refractivity contribution in [3.05, 3.63) is 64.5 Å². The Morgan fingerprint density at radius 1 is 1.13 bits per heavy atom. The average molecular weight is 528 g/mol. The van der Waals surface area contributed by atoms with Gasteiger partial charge in [-0.05, 0) is 63.6 Å². The highest BCUT2D eigenvalue weighted by atomic mass is 19.4. The summed E-state index contributed by atoms with van der Waals surface area (Å²) in [6.45, 7) is 1.92. The summed E-state index contributed by atoms with van der Waals surface area (Å²) in [6.07, 6.45) is 0.616. The van der Waals surface area contributed by atoms with E-state index in [0.29, 0.717) is 22.8 Å². The molecule has 200 valence electrons. The lowest BCUT2D eigenvalue weighted by molar-refractivity contribution is -0.137. The Morgan fingerprint density at radius 3 is 2.50 bits per heavy atom. The number of carbonyl (C=O) groups is 1. The predicted octanol–water partition coefficient (Wildman–Crippen LogP) is 6.36. The number of carboxylic acid groups (broad SMARTS) is 1. The molecule has 38 heavy (non-hydrogen) atoms. The minimum absolute atomic E-state index is 0.00361. The minimum atomic E-state index is -4.51. The molecule has 4 heterocycles. The van der Waals surface area contributed by atoms with Gasteiger partial charge in [0.25, 0.3) is 0 Å². The standard InChI is InChI=1S/C28H28F3N3O4/c1-15-10-17(27(35)36)11-24(32-15)34-18-8-9-19(34)13-20(12-18)37-14-22-25(33-38-26(22)16-6-7-16)21-4-2-3-5-23(21)28(29,30)31/h2-5,10-11,16,18-20H,6-9,12-14H2,1H3,(H,35,36)/t18-,19?,20?/m0/s1. The Kier molecular flexibility index (Phi) is 6.17. The van der Waals surface area contributed by atoms with Crippen molar-refractivity contribution in [2.75, 3.05) is 4.90 Å². The van der Waals surface area contributed by atoms with Crippen molar-refractivity contribution in [1.29, 1.82) is 0 Å². The molecule has 0 spiro atoms. The Hall–Kier alpha value is -3.40. The molecule has 1 aliphatic carbocycles. The number of halogens is 3. The molecule has 3 atom stereocenters. The summed E-state index contributed by atoms with van der Waals surface area (Å²) in [5.41, 5.74) is 0.941. The molecular weight excluding hydrogens is 499 g/mol. The third kappa shape index (κ3) is 4.66. The van der Waals surface area contributed by atoms with Crippen molar-refractivity contribution in [3.63, 3.8) is 0 Å². The largest absolute Gasteiger partial charge is 0.478 e. The molecule has 7 nitrogen and oxygen atoms in total. The van der Waals surface area contributed by atoms with Gasteiger partial charge in [0.1, 0.15) is 17.3 Å². The number of hydrogen-bond donors (Lipinski definition) is 1. The Morgan fingerprint density at radius 2 is 1.84 bits per heavy atom. The molecule has 3 aromatic rings. The fourth-order valence-electron chi connectivity index (χ4n) is 6.02. The Balaban J connectivity index is 1.22. The first-order chi connectivity index (χ1) is 18.2. The van der Waals surface area contributed by atoms with Crippen molar-refractivity contribution in [2.24, 2.45) is 0 Å². The molecule has 2 saturated heterocycles. The van der Waals surface area contributed by atoms with Crippen LogP contribution in [0.3, 0.4) is 0 Å². The predicted molar refractivity (Wildman–Crippen MR) is 132 cm³/mol. The van der Waals surface area contributed by atoms with Crippen LogP contribution < -0.4 is 4.90 Å². The number of aryl methyl sites for hydroxylation is 1. The van der Waals surface area contributed by atoms with Crippen molar-refractivity contribution in [1.82, 2.24) is 10.1 Å². The molecule has 3 fully saturated rings. The lowest BCUT2D eigenvalue weighted by Crippen LogP contribution is -2.46. The maximum Gasteiger partial charge on any atom is 0.417 e. The summed E-state index contributed by atoms with van der Waals surface area (Å²) >= 11 is 0. The molecule has 10 heteroatoms. The van der Waals surface area contributed by atoms with Gasteiger partial charge in [0, 0.05) is 34.8 Å². The van der Waals surface area contributed by atoms with E-state index in [9.17, 15) is 23.1 Å². The second-order valence-electron chi connectivity index (χ2n) is 10.5. The lowest BCUT2D eigenvalue weighted by atomic mass is 9.98. The topological polar surface area (TPSA) is 88.7 Å². The van der Waals surface area contributed by atoms with E-state index in [1.165, 1.54) is 12.1 Å². The lowest BCUT2D eigenvalue weighted by Gasteiger charge is -2.39. The highest BCUT2D eigenvalue weighted by Gasteiger charge is 2.43. The fraction of sp³-hybridized carbons (Fsp3) is 0.464. The SMILES string of the molecule is Cc1cc(C(=O)O)cc(N2C3CC[C@H]2CC(OCc2c(-c4ccccc4C(F)(F)F)noc2C2CC2)C3)n1. The molecule has 2 bridgehead atoms. The summed E-state index contributed by atoms with van der Waals surface area (Å²) in [5, 5.41) is 13.6. The van der Waals surface area contributed by atoms with Crippen LogP contribution in [0.1, 0.15) is 77.4 Å². The minimum Gasteiger partial charge on any atom is -0.478 e. The number of aromatic carboxylic acids is 1. The summed E-state index contributed by atoms with van der Waals surface area (Å²) in [5.74, 6) is 0.490. The van der Waals surface area contributed by atoms with Crippen molar-refractivity contribution >= 4 is 11.8 Å². The second-order valence-corrected chi connectivity index (χ2v) is 10.5. The number of benzene rings is 1. The van der Waals surface area contributed by atoms with E-state index in [4.69, 9.17) is 9.26 Å². The van der Waals surface area contributed by atoms with Crippen LogP contribution >= 0.6 is 0 Å². The number of anilines is 1. The van der Waals surface area contributed by atoms with Crippen LogP contribution in [0, 0.1) is 6.92 Å². The summed E-state index contributed by atoms with van der Waals surface area (Å²) in [6, 6.07) is 8.95. The van der Waals surface area contributed by atoms with Crippen LogP contribution in [0.2, 0.25) is 0 Å². The molecule has 6 rings (SSSR count). The summed E-state index contributed by atoms with van der Waals surface area (Å²) < 4.78 is 53.2. The number of ether oxygens (including phenoxy) is 1. The van der Waals surface area contributed by atoms with Gasteiger partial charge in [0.15, 0.2) is 0 Å². The normalized spacial score (nSPS) is 23.2. The highest BCUT2D eigenvalue weighted by Crippen LogP contribution is 2.46. The van der Waals surface area contributed by atoms with Crippen molar-refractivity contribution in [3.8, 4) is 11.3 Å². The monoisotopic (exact) mass is 527 g/mol. The maximum atomic E-state index is 13.8. The van der Waals surface area contributed by atoms with Gasteiger partial charge in [0.2, 0.25) is 0 Å². The zero-order valence-corrected chi connectivity index (χ0v) is 20.9. The van der Waals surface area contributed by atoms with E-state index in [2.05, 4.69) is 15.0 Å². The van der Waals surface area contributed by atoms with Gasteiger partial charge in [0.05, 0.1) is 23.8 Å². The van der Waals surface area contributed by atoms with Gasteiger partial charge in [-0.3, -0.25) is 0 Å². The number of fused-ring (bicyclic) bond motifs is 2. The molecular formula is C28H28F3N3O4. The van der Waals surface area contributed by atoms with Crippen LogP contribution in [0.5, 0.6) is 0 Å². The van der Waals surface area contributed by atoms with Gasteiger partial charge in [-0.25, -0.2) is 9.78 Å². The van der Waals surface area contributed by atoms with E-state index in [1.807, 2.05) is 0 Å². The number of hydrogen-bond acceptors (Lipinski definition) is 6. The molecule has 2 unspecified atom stereocenters. The number of rotatable bonds is 7. The van der Waals surface area contributed by atoms with E-state index in [-0.39, 0.29) is 47.5 Å². The van der Waals surface area contributed by atoms with Gasteiger partial charge in [-0.2, -0.15) is 13.2 Å². The van der Waals surface area contributed by atoms with Crippen molar-refractivity contribution in [2.45, 2.75) is 82.3 Å². The van der Waals surface area contributed by atoms with E-state index >= 15 is 0 Å². The summed E-state index contributed by atoms with van der Waals surface area (Å²) in [7, 11) is 0. The van der Waals surface area contributed by atoms with Crippen LogP contribution in [0.25, 0.3) is 11.3 Å². The molecule has 0 radical (unpaired) electrons. The zero-order valence-electron chi connectivity index (χ0n) is 20.9. The molecule has 2 aliphatic heterocycles. The molecule has 1 saturated carbocycles. The maximum absolute atomic E-state index is 13.8. The number of piperidine rings is 1. The zero-order chi connectivity index (χ0) is 26.6. The molecule has 1 N–H and O–H groups in total. The van der Waals surface area contributed by atoms with E-state index < -0.39 is 17.7 Å². The first kappa shape index (κ1) is 24.9. The van der Waals surface area contributed by atoms with E-state index in [0.717, 1.165) is 44.6 Å². The smallest absolute Gasteiger partial charge is 0.417 e. The van der Waals surface area contributed by atoms with Crippen LogP contribution in [-0.2, 0) is 17.5 Å². The third-order valence-corrected chi connectivity index (χ3v) is 7.86. The number of nitrogens with zero attached hydrogens (tertiary/aromatic N) is 3. The number of aromatic nitrogens is 2. The fourth-order valence-corrected chi connectivity index (χ4v) is 6.02. The molecule has 3 aliphatic rings. The van der Waals surface area contributed by atoms with Crippen LogP contribution in [0.4, 0.5) is 19.0 Å². The number of carboxylic acids is 1. The van der Waals surface area contributed by atoms with Crippen LogP contribution in [-0.4, -0.2) is 39.4 Å². The number of alkyl halides is 3. The van der Waals surface area contributed by atoms with E-state index in [1.54, 1.807) is 25.1 Å². The third-order valence-electron chi connectivity index (χ3n) is 7.86. The van der Waals surface area contributed by atoms with Crippen molar-refractivity contribution < 1.29 is 32.3 Å². The van der Waals surface area contributed by atoms with Crippen LogP contribution in [0.15, 0.2) is 40.9 Å². The molecule has 1 aromatic carbocycles. The Labute approximate surface area is 217 Å². The quantitative estimate of drug-likeness (QED) is 0.383. The van der Waals surface area contributed by atoms with Gasteiger partial charge < -0.3 is 19.3 Å². The molecule has 0 amide bonds. The van der Waals surface area contributed by atoms with Gasteiger partial charge >= 0.3 is 12.1 Å². The number of pyridine rings is 1.